The van der Waals surface area contributed by atoms with Crippen molar-refractivity contribution in [1.29, 1.82) is 0 Å². The Balaban J connectivity index is 1.13. The number of ether oxygens (including phenoxy) is 2. The Kier molecular flexibility index (Phi) is 7.64. The number of anilines is 1. The normalized spacial score (nSPS) is 17.8. The van der Waals surface area contributed by atoms with Gasteiger partial charge in [-0.1, -0.05) is 19.9 Å². The van der Waals surface area contributed by atoms with E-state index >= 15 is 0 Å². The third-order valence-corrected chi connectivity index (χ3v) is 8.66. The van der Waals surface area contributed by atoms with E-state index in [9.17, 15) is 9.18 Å². The number of hydrogen-bond donors (Lipinski definition) is 2. The number of likely N-dealkylation sites (tertiary alicyclic amines) is 1. The fraction of sp³-hybridized carbons (Fsp3) is 0.367. The van der Waals surface area contributed by atoms with Gasteiger partial charge in [-0.05, 0) is 54.6 Å². The molecular weight excluding hydrogens is 529 g/mol. The molecule has 2 amide bonds. The van der Waals surface area contributed by atoms with Gasteiger partial charge < -0.3 is 20.1 Å². The van der Waals surface area contributed by atoms with Gasteiger partial charge >= 0.3 is 6.03 Å². The number of nitrogens with one attached hydrogen (secondary N) is 2. The highest BCUT2D eigenvalue weighted by Gasteiger charge is 2.25. The van der Waals surface area contributed by atoms with Crippen LogP contribution in [0, 0.1) is 17.7 Å². The average Bonchev–Trinajstić information content (AvgIpc) is 3.56. The van der Waals surface area contributed by atoms with Crippen molar-refractivity contribution in [2.24, 2.45) is 11.8 Å². The van der Waals surface area contributed by atoms with Crippen LogP contribution in [-0.4, -0.2) is 53.2 Å². The van der Waals surface area contributed by atoms with Crippen LogP contribution in [0.15, 0.2) is 54.9 Å². The predicted octanol–water partition coefficient (Wildman–Crippen LogP) is 6.29. The summed E-state index contributed by atoms with van der Waals surface area (Å²) in [5.74, 6) is 1.48. The molecule has 2 aliphatic heterocycles. The van der Waals surface area contributed by atoms with Crippen LogP contribution < -0.4 is 15.4 Å². The minimum atomic E-state index is -0.582. The third-order valence-electron chi connectivity index (χ3n) is 7.49. The minimum absolute atomic E-state index is 0.0157. The topological polar surface area (TPSA) is 88.6 Å². The van der Waals surface area contributed by atoms with Crippen molar-refractivity contribution in [3.8, 4) is 22.1 Å². The van der Waals surface area contributed by atoms with Crippen molar-refractivity contribution < 1.29 is 18.7 Å². The molecule has 10 heteroatoms. The van der Waals surface area contributed by atoms with Crippen molar-refractivity contribution in [3.63, 3.8) is 0 Å². The number of rotatable bonds is 8. The summed E-state index contributed by atoms with van der Waals surface area (Å²) in [5.41, 5.74) is 3.17. The first kappa shape index (κ1) is 26.6. The molecule has 0 spiro atoms. The van der Waals surface area contributed by atoms with Crippen LogP contribution in [0.1, 0.15) is 25.8 Å². The maximum Gasteiger partial charge on any atom is 0.319 e. The largest absolute Gasteiger partial charge is 0.453 e. The number of carbonyl (C=O) groups is 1. The summed E-state index contributed by atoms with van der Waals surface area (Å²) >= 11 is 1.51. The number of pyridine rings is 2. The smallest absolute Gasteiger partial charge is 0.319 e. The van der Waals surface area contributed by atoms with Gasteiger partial charge in [-0.25, -0.2) is 9.18 Å². The second-order valence-corrected chi connectivity index (χ2v) is 11.8. The molecular formula is C30H32FN5O3S. The Morgan fingerprint density at radius 2 is 2.05 bits per heavy atom. The molecule has 2 saturated heterocycles. The standard InChI is InChI=1S/C30H32FN5O3S/c1-18(2)20-8-10-36(15-20)14-19-3-5-24(33-13-19)28-12-25-29(40-28)27(7-9-32-25)39-26-6-4-21(11-23(26)31)34-30(37)35-22-16-38-17-22/h3-7,9,11-13,18,20,22H,8,10,14-17H2,1-2H3,(H2,34,35,37)/t20-/m0/s1. The van der Waals surface area contributed by atoms with Gasteiger partial charge in [0.15, 0.2) is 11.6 Å². The number of hydrogen-bond acceptors (Lipinski definition) is 7. The van der Waals surface area contributed by atoms with Gasteiger partial charge in [-0.15, -0.1) is 11.3 Å². The van der Waals surface area contributed by atoms with Crippen LogP contribution in [0.4, 0.5) is 14.9 Å². The number of fused-ring (bicyclic) bond motifs is 1. The molecule has 8 nitrogen and oxygen atoms in total. The lowest BCUT2D eigenvalue weighted by Gasteiger charge is -2.26. The van der Waals surface area contributed by atoms with E-state index in [0.717, 1.165) is 52.3 Å². The molecule has 6 rings (SSSR count). The van der Waals surface area contributed by atoms with Crippen molar-refractivity contribution in [3.05, 3.63) is 66.2 Å². The van der Waals surface area contributed by atoms with Crippen LogP contribution in [0.2, 0.25) is 0 Å². The van der Waals surface area contributed by atoms with Gasteiger partial charge in [0.2, 0.25) is 0 Å². The molecule has 3 aromatic heterocycles. The van der Waals surface area contributed by atoms with Crippen molar-refractivity contribution >= 4 is 33.3 Å². The third kappa shape index (κ3) is 5.94. The first-order chi connectivity index (χ1) is 19.4. The van der Waals surface area contributed by atoms with E-state index in [1.807, 2.05) is 12.3 Å². The van der Waals surface area contributed by atoms with Crippen molar-refractivity contribution in [1.82, 2.24) is 20.2 Å². The van der Waals surface area contributed by atoms with E-state index < -0.39 is 11.8 Å². The molecule has 40 heavy (non-hydrogen) atoms. The van der Waals surface area contributed by atoms with Crippen LogP contribution in [0.3, 0.4) is 0 Å². The number of thiophene rings is 1. The molecule has 4 aromatic rings. The average molecular weight is 562 g/mol. The van der Waals surface area contributed by atoms with Crippen LogP contribution in [0.25, 0.3) is 20.8 Å². The van der Waals surface area contributed by atoms with Crippen LogP contribution >= 0.6 is 11.3 Å². The van der Waals surface area contributed by atoms with E-state index in [1.54, 1.807) is 18.3 Å². The molecule has 2 fully saturated rings. The first-order valence-electron chi connectivity index (χ1n) is 13.6. The summed E-state index contributed by atoms with van der Waals surface area (Å²) in [7, 11) is 0. The number of nitrogens with zero attached hydrogens (tertiary/aromatic N) is 3. The molecule has 5 heterocycles. The summed E-state index contributed by atoms with van der Waals surface area (Å²) in [4.78, 5) is 24.7. The van der Waals surface area contributed by atoms with Gasteiger partial charge in [-0.3, -0.25) is 14.9 Å². The summed E-state index contributed by atoms with van der Waals surface area (Å²) < 4.78 is 26.7. The van der Waals surface area contributed by atoms with Gasteiger partial charge in [-0.2, -0.15) is 0 Å². The number of halogens is 1. The number of benzene rings is 1. The minimum Gasteiger partial charge on any atom is -0.453 e. The Morgan fingerprint density at radius 1 is 1.18 bits per heavy atom. The van der Waals surface area contributed by atoms with E-state index in [-0.39, 0.29) is 11.8 Å². The van der Waals surface area contributed by atoms with Gasteiger partial charge in [0.1, 0.15) is 5.75 Å². The highest BCUT2D eigenvalue weighted by Crippen LogP contribution is 2.39. The molecule has 0 saturated carbocycles. The monoisotopic (exact) mass is 561 g/mol. The van der Waals surface area contributed by atoms with Gasteiger partial charge in [0.05, 0.1) is 40.0 Å². The second kappa shape index (κ2) is 11.5. The van der Waals surface area contributed by atoms with E-state index in [4.69, 9.17) is 14.5 Å². The molecule has 2 aliphatic rings. The van der Waals surface area contributed by atoms with Crippen molar-refractivity contribution in [2.45, 2.75) is 32.9 Å². The van der Waals surface area contributed by atoms with Crippen LogP contribution in [0.5, 0.6) is 11.5 Å². The SMILES string of the molecule is CC(C)[C@H]1CCN(Cc2ccc(-c3cc4nccc(Oc5ccc(NC(=O)NC6COC6)cc5F)c4s3)nc2)C1. The number of urea groups is 1. The molecule has 0 bridgehead atoms. The zero-order valence-electron chi connectivity index (χ0n) is 22.5. The first-order valence-corrected chi connectivity index (χ1v) is 14.4. The van der Waals surface area contributed by atoms with E-state index in [2.05, 4.69) is 46.5 Å². The lowest BCUT2D eigenvalue weighted by atomic mass is 9.95. The summed E-state index contributed by atoms with van der Waals surface area (Å²) in [6, 6.07) is 11.8. The highest BCUT2D eigenvalue weighted by molar-refractivity contribution is 7.22. The fourth-order valence-corrected chi connectivity index (χ4v) is 6.09. The van der Waals surface area contributed by atoms with Crippen LogP contribution in [-0.2, 0) is 11.3 Å². The van der Waals surface area contributed by atoms with E-state index in [0.29, 0.717) is 24.7 Å². The highest BCUT2D eigenvalue weighted by atomic mass is 32.1. The maximum absolute atomic E-state index is 14.9. The number of amides is 2. The lowest BCUT2D eigenvalue weighted by molar-refractivity contribution is 0.000734. The zero-order valence-corrected chi connectivity index (χ0v) is 23.3. The fourth-order valence-electron chi connectivity index (χ4n) is 5.05. The molecule has 0 aliphatic carbocycles. The number of aromatic nitrogens is 2. The summed E-state index contributed by atoms with van der Waals surface area (Å²) in [6.45, 7) is 8.79. The molecule has 1 atom stereocenters. The van der Waals surface area contributed by atoms with Gasteiger partial charge in [0, 0.05) is 43.3 Å². The zero-order chi connectivity index (χ0) is 27.6. The molecule has 208 valence electrons. The van der Waals surface area contributed by atoms with Gasteiger partial charge in [0.25, 0.3) is 0 Å². The number of carbonyl (C=O) groups excluding carboxylic acids is 1. The Hall–Kier alpha value is -3.60. The molecule has 0 radical (unpaired) electrons. The summed E-state index contributed by atoms with van der Waals surface area (Å²) in [6.07, 6.45) is 4.87. The predicted molar refractivity (Wildman–Crippen MR) is 154 cm³/mol. The summed E-state index contributed by atoms with van der Waals surface area (Å²) in [5, 5.41) is 5.39. The van der Waals surface area contributed by atoms with Crippen molar-refractivity contribution in [2.75, 3.05) is 31.6 Å². The maximum atomic E-state index is 14.9. The molecule has 1 aromatic carbocycles. The molecule has 0 unspecified atom stereocenters. The Labute approximate surface area is 236 Å². The Morgan fingerprint density at radius 3 is 2.75 bits per heavy atom. The Bertz CT molecular complexity index is 1510. The lowest BCUT2D eigenvalue weighted by Crippen LogP contribution is -2.49. The quantitative estimate of drug-likeness (QED) is 0.263. The second-order valence-electron chi connectivity index (χ2n) is 10.8. The molecule has 2 N–H and O–H groups in total. The van der Waals surface area contributed by atoms with E-state index in [1.165, 1.54) is 35.5 Å².